The second-order valence-electron chi connectivity index (χ2n) is 6.86. The summed E-state index contributed by atoms with van der Waals surface area (Å²) in [7, 11) is 0. The molecule has 0 bridgehead atoms. The van der Waals surface area contributed by atoms with Crippen LogP contribution < -0.4 is 0 Å². The van der Waals surface area contributed by atoms with Crippen LogP contribution in [0, 0.1) is 20.8 Å². The molecule has 0 saturated heterocycles. The van der Waals surface area contributed by atoms with Crippen LogP contribution in [0.3, 0.4) is 0 Å². The molecule has 0 nitrogen and oxygen atoms in total. The molecule has 0 spiro atoms. The van der Waals surface area contributed by atoms with E-state index in [9.17, 15) is 0 Å². The summed E-state index contributed by atoms with van der Waals surface area (Å²) < 4.78 is 0. The summed E-state index contributed by atoms with van der Waals surface area (Å²) in [6.45, 7) is 6.63. The van der Waals surface area contributed by atoms with Crippen molar-refractivity contribution in [2.45, 2.75) is 20.8 Å². The molecule has 0 radical (unpaired) electrons. The average Bonchev–Trinajstić information content (AvgIpc) is 2.98. The van der Waals surface area contributed by atoms with Crippen LogP contribution in [0.15, 0.2) is 78.9 Å². The van der Waals surface area contributed by atoms with Crippen molar-refractivity contribution in [3.8, 4) is 33.4 Å². The molecule has 0 aromatic heterocycles. The van der Waals surface area contributed by atoms with Crippen LogP contribution >= 0.6 is 0 Å². The lowest BCUT2D eigenvalue weighted by molar-refractivity contribution is 1.44. The van der Waals surface area contributed by atoms with E-state index in [1.165, 1.54) is 50.1 Å². The highest BCUT2D eigenvalue weighted by Gasteiger charge is 2.12. The van der Waals surface area contributed by atoms with Crippen molar-refractivity contribution in [3.05, 3.63) is 95.6 Å². The van der Waals surface area contributed by atoms with Crippen molar-refractivity contribution < 1.29 is 0 Å². The molecule has 0 amide bonds. The minimum atomic E-state index is 1.26. The third-order valence-corrected chi connectivity index (χ3v) is 5.05. The lowest BCUT2D eigenvalue weighted by Crippen LogP contribution is -1.80. The van der Waals surface area contributed by atoms with E-state index >= 15 is 0 Å². The van der Waals surface area contributed by atoms with Crippen molar-refractivity contribution in [1.29, 1.82) is 0 Å². The third kappa shape index (κ3) is 2.85. The zero-order valence-electron chi connectivity index (χ0n) is 15.0. The molecule has 0 saturated carbocycles. The van der Waals surface area contributed by atoms with E-state index in [1.807, 2.05) is 0 Å². The predicted octanol–water partition coefficient (Wildman–Crippen LogP) is 7.05. The summed E-state index contributed by atoms with van der Waals surface area (Å²) in [6, 6.07) is 28.5. The summed E-state index contributed by atoms with van der Waals surface area (Å²) in [5, 5.41) is 0. The van der Waals surface area contributed by atoms with Gasteiger partial charge in [0.25, 0.3) is 0 Å². The van der Waals surface area contributed by atoms with Crippen molar-refractivity contribution in [1.82, 2.24) is 0 Å². The Balaban J connectivity index is 1.81. The van der Waals surface area contributed by atoms with E-state index < -0.39 is 0 Å². The maximum atomic E-state index is 2.32. The third-order valence-electron chi connectivity index (χ3n) is 5.05. The first-order valence-corrected chi connectivity index (χ1v) is 8.80. The van der Waals surface area contributed by atoms with E-state index in [2.05, 4.69) is 99.6 Å². The number of fused-ring (bicyclic) bond motifs is 1. The average molecular weight is 322 g/mol. The molecule has 25 heavy (non-hydrogen) atoms. The Morgan fingerprint density at radius 3 is 1.68 bits per heavy atom. The van der Waals surface area contributed by atoms with Crippen molar-refractivity contribution >= 4 is 0 Å². The van der Waals surface area contributed by atoms with Gasteiger partial charge in [-0.05, 0) is 70.8 Å². The first-order valence-electron chi connectivity index (χ1n) is 8.80. The number of hydrogen-bond donors (Lipinski definition) is 0. The maximum absolute atomic E-state index is 2.32. The lowest BCUT2D eigenvalue weighted by Gasteiger charge is -2.05. The Kier molecular flexibility index (Phi) is 3.89. The van der Waals surface area contributed by atoms with Gasteiger partial charge in [-0.3, -0.25) is 0 Å². The Labute approximate surface area is 150 Å². The SMILES string of the molecule is Cc1cc(-c2ccc(-c3ccccc3)cc2)cc(C)c2c(C)ccc1-2. The van der Waals surface area contributed by atoms with Crippen LogP contribution in [0.4, 0.5) is 0 Å². The van der Waals surface area contributed by atoms with Crippen LogP contribution in [0.2, 0.25) is 0 Å². The summed E-state index contributed by atoms with van der Waals surface area (Å²) in [5.74, 6) is 0. The molecule has 2 aromatic rings. The van der Waals surface area contributed by atoms with E-state index in [4.69, 9.17) is 0 Å². The van der Waals surface area contributed by atoms with Gasteiger partial charge in [-0.2, -0.15) is 0 Å². The van der Waals surface area contributed by atoms with Crippen molar-refractivity contribution in [3.63, 3.8) is 0 Å². The van der Waals surface area contributed by atoms with Gasteiger partial charge in [-0.1, -0.05) is 78.9 Å². The Hall–Kier alpha value is -2.86. The minimum absolute atomic E-state index is 1.26. The van der Waals surface area contributed by atoms with Gasteiger partial charge in [-0.25, -0.2) is 0 Å². The Morgan fingerprint density at radius 2 is 1.00 bits per heavy atom. The zero-order chi connectivity index (χ0) is 17.4. The van der Waals surface area contributed by atoms with Crippen LogP contribution in [0.25, 0.3) is 33.4 Å². The number of aryl methyl sites for hydroxylation is 3. The van der Waals surface area contributed by atoms with Gasteiger partial charge >= 0.3 is 0 Å². The minimum Gasteiger partial charge on any atom is -0.0622 e. The van der Waals surface area contributed by atoms with Gasteiger partial charge in [-0.15, -0.1) is 0 Å². The highest BCUT2D eigenvalue weighted by Crippen LogP contribution is 2.35. The predicted molar refractivity (Wildman–Crippen MR) is 108 cm³/mol. The first-order chi connectivity index (χ1) is 12.1. The second-order valence-corrected chi connectivity index (χ2v) is 6.86. The molecule has 0 fully saturated rings. The summed E-state index contributed by atoms with van der Waals surface area (Å²) in [4.78, 5) is 0. The maximum Gasteiger partial charge on any atom is -0.0123 e. The normalized spacial score (nSPS) is 11.0. The van der Waals surface area contributed by atoms with E-state index in [-0.39, 0.29) is 0 Å². The lowest BCUT2D eigenvalue weighted by atomic mass is 10.0. The van der Waals surface area contributed by atoms with Gasteiger partial charge in [0.05, 0.1) is 0 Å². The molecule has 0 atom stereocenters. The molecule has 0 aliphatic heterocycles. The quantitative estimate of drug-likeness (QED) is 0.371. The Bertz CT molecular complexity index is 992. The molecule has 122 valence electrons. The van der Waals surface area contributed by atoms with Crippen molar-refractivity contribution in [2.75, 3.05) is 0 Å². The van der Waals surface area contributed by atoms with Crippen LogP contribution in [-0.2, 0) is 0 Å². The smallest absolute Gasteiger partial charge is 0.0123 e. The molecule has 2 aliphatic rings. The van der Waals surface area contributed by atoms with E-state index in [1.54, 1.807) is 0 Å². The molecular weight excluding hydrogens is 300 g/mol. The molecule has 4 rings (SSSR count). The van der Waals surface area contributed by atoms with Gasteiger partial charge in [0.15, 0.2) is 0 Å². The number of benzene rings is 2. The van der Waals surface area contributed by atoms with Gasteiger partial charge in [0.1, 0.15) is 0 Å². The highest BCUT2D eigenvalue weighted by molar-refractivity contribution is 5.80. The van der Waals surface area contributed by atoms with Crippen LogP contribution in [0.1, 0.15) is 16.7 Å². The molecule has 2 aromatic carbocycles. The molecule has 0 unspecified atom stereocenters. The monoisotopic (exact) mass is 322 g/mol. The number of hydrogen-bond acceptors (Lipinski definition) is 0. The molecule has 0 N–H and O–H groups in total. The fraction of sp³-hybridized carbons (Fsp3) is 0.120. The first kappa shape index (κ1) is 15.7. The second kappa shape index (κ2) is 6.22. The van der Waals surface area contributed by atoms with Gasteiger partial charge in [0, 0.05) is 0 Å². The standard InChI is InChI=1S/C25H22/c1-17-9-14-24-18(2)15-23(16-19(3)25(17)24)22-12-10-21(11-13-22)20-7-5-4-6-8-20/h4-16H,1-3H3. The summed E-state index contributed by atoms with van der Waals surface area (Å²) in [5.41, 5.74) is 11.9. The Morgan fingerprint density at radius 1 is 0.440 bits per heavy atom. The van der Waals surface area contributed by atoms with E-state index in [0.717, 1.165) is 0 Å². The summed E-state index contributed by atoms with van der Waals surface area (Å²) >= 11 is 0. The fourth-order valence-corrected chi connectivity index (χ4v) is 3.75. The largest absolute Gasteiger partial charge is 0.0622 e. The zero-order valence-corrected chi connectivity index (χ0v) is 15.0. The molecular formula is C25H22. The highest BCUT2D eigenvalue weighted by atomic mass is 14.2. The number of rotatable bonds is 2. The van der Waals surface area contributed by atoms with Crippen LogP contribution in [-0.4, -0.2) is 0 Å². The van der Waals surface area contributed by atoms with Gasteiger partial charge in [0.2, 0.25) is 0 Å². The molecule has 0 heteroatoms. The van der Waals surface area contributed by atoms with Crippen molar-refractivity contribution in [2.24, 2.45) is 0 Å². The topological polar surface area (TPSA) is 0 Å². The van der Waals surface area contributed by atoms with Crippen LogP contribution in [0.5, 0.6) is 0 Å². The fourth-order valence-electron chi connectivity index (χ4n) is 3.75. The van der Waals surface area contributed by atoms with Gasteiger partial charge < -0.3 is 0 Å². The summed E-state index contributed by atoms with van der Waals surface area (Å²) in [6.07, 6.45) is 0. The molecule has 0 heterocycles. The molecule has 2 aliphatic carbocycles. The van der Waals surface area contributed by atoms with E-state index in [0.29, 0.717) is 0 Å².